The number of pyridine rings is 1. The molecule has 3 aromatic rings. The predicted octanol–water partition coefficient (Wildman–Crippen LogP) is 2.49. The minimum atomic E-state index is -0.256. The van der Waals surface area contributed by atoms with Gasteiger partial charge in [-0.05, 0) is 31.5 Å². The number of nitrogens with zero attached hydrogens (tertiary/aromatic N) is 4. The molecule has 2 aromatic heterocycles. The van der Waals surface area contributed by atoms with E-state index in [1.165, 1.54) is 0 Å². The second-order valence-corrected chi connectivity index (χ2v) is 6.13. The number of para-hydroxylation sites is 1. The van der Waals surface area contributed by atoms with Gasteiger partial charge in [0.25, 0.3) is 5.91 Å². The first-order chi connectivity index (χ1) is 11.6. The predicted molar refractivity (Wildman–Crippen MR) is 94.1 cm³/mol. The van der Waals surface area contributed by atoms with Gasteiger partial charge < -0.3 is 5.32 Å². The van der Waals surface area contributed by atoms with Crippen LogP contribution in [0.15, 0.2) is 42.5 Å². The second kappa shape index (κ2) is 5.63. The number of carbonyl (C=O) groups excluding carboxylic acids is 1. The van der Waals surface area contributed by atoms with Crippen molar-refractivity contribution in [1.29, 1.82) is 0 Å². The lowest BCUT2D eigenvalue weighted by atomic mass is 10.2. The van der Waals surface area contributed by atoms with E-state index in [-0.39, 0.29) is 11.9 Å². The highest BCUT2D eigenvalue weighted by Crippen LogP contribution is 2.24. The first-order valence-corrected chi connectivity index (χ1v) is 8.06. The molecule has 24 heavy (non-hydrogen) atoms. The molecule has 1 saturated heterocycles. The fraction of sp³-hybridized carbons (Fsp3) is 0.278. The Morgan fingerprint density at radius 1 is 1.21 bits per heavy atom. The molecule has 0 bridgehead atoms. The minimum Gasteiger partial charge on any atom is -0.358 e. The van der Waals surface area contributed by atoms with Crippen molar-refractivity contribution in [3.8, 4) is 0 Å². The molecule has 6 nitrogen and oxygen atoms in total. The van der Waals surface area contributed by atoms with E-state index in [0.717, 1.165) is 34.7 Å². The zero-order valence-corrected chi connectivity index (χ0v) is 13.7. The van der Waals surface area contributed by atoms with E-state index in [4.69, 9.17) is 0 Å². The van der Waals surface area contributed by atoms with Gasteiger partial charge >= 0.3 is 0 Å². The van der Waals surface area contributed by atoms with Crippen LogP contribution in [0.25, 0.3) is 10.9 Å². The maximum Gasteiger partial charge on any atom is 0.250 e. The number of rotatable bonds is 3. The maximum absolute atomic E-state index is 12.7. The lowest BCUT2D eigenvalue weighted by Crippen LogP contribution is -2.34. The Morgan fingerprint density at radius 2 is 2.04 bits per heavy atom. The fourth-order valence-electron chi connectivity index (χ4n) is 3.22. The summed E-state index contributed by atoms with van der Waals surface area (Å²) in [6.07, 6.45) is 0.748. The summed E-state index contributed by atoms with van der Waals surface area (Å²) in [5, 5.41) is 8.69. The molecule has 0 aliphatic carbocycles. The van der Waals surface area contributed by atoms with Gasteiger partial charge in [-0.25, -0.2) is 4.98 Å². The van der Waals surface area contributed by atoms with Crippen LogP contribution >= 0.6 is 0 Å². The molecule has 1 aliphatic heterocycles. The third-order valence-electron chi connectivity index (χ3n) is 4.38. The van der Waals surface area contributed by atoms with Crippen molar-refractivity contribution in [2.75, 3.05) is 16.8 Å². The Labute approximate surface area is 140 Å². The lowest BCUT2D eigenvalue weighted by Gasteiger charge is -2.17. The Balaban J connectivity index is 1.55. The van der Waals surface area contributed by atoms with E-state index in [1.54, 1.807) is 9.58 Å². The van der Waals surface area contributed by atoms with Crippen LogP contribution in [0.1, 0.15) is 12.1 Å². The van der Waals surface area contributed by atoms with Gasteiger partial charge in [0.05, 0.1) is 11.2 Å². The number of fused-ring (bicyclic) bond motifs is 1. The van der Waals surface area contributed by atoms with Crippen LogP contribution in [0.5, 0.6) is 0 Å². The van der Waals surface area contributed by atoms with Crippen molar-refractivity contribution in [1.82, 2.24) is 14.8 Å². The van der Waals surface area contributed by atoms with Crippen LogP contribution < -0.4 is 10.2 Å². The zero-order valence-electron chi connectivity index (χ0n) is 13.7. The molecule has 4 rings (SSSR count). The van der Waals surface area contributed by atoms with Crippen LogP contribution in [0.2, 0.25) is 0 Å². The van der Waals surface area contributed by atoms with Crippen LogP contribution in [0.3, 0.4) is 0 Å². The van der Waals surface area contributed by atoms with Crippen molar-refractivity contribution < 1.29 is 4.79 Å². The number of hydrogen-bond acceptors (Lipinski definition) is 4. The normalized spacial score (nSPS) is 17.7. The molecule has 1 atom stereocenters. The van der Waals surface area contributed by atoms with Gasteiger partial charge in [-0.1, -0.05) is 18.2 Å². The summed E-state index contributed by atoms with van der Waals surface area (Å²) >= 11 is 0. The number of hydrogen-bond donors (Lipinski definition) is 1. The Kier molecular flexibility index (Phi) is 3.45. The van der Waals surface area contributed by atoms with E-state index in [1.807, 2.05) is 56.4 Å². The van der Waals surface area contributed by atoms with Gasteiger partial charge in [-0.3, -0.25) is 14.4 Å². The second-order valence-electron chi connectivity index (χ2n) is 6.13. The highest BCUT2D eigenvalue weighted by molar-refractivity contribution is 6.00. The maximum atomic E-state index is 12.7. The molecule has 0 saturated carbocycles. The summed E-state index contributed by atoms with van der Waals surface area (Å²) in [5.74, 6) is 1.64. The van der Waals surface area contributed by atoms with Gasteiger partial charge in [0.15, 0.2) is 0 Å². The average Bonchev–Trinajstić information content (AvgIpc) is 3.09. The molecule has 1 unspecified atom stereocenters. The highest BCUT2D eigenvalue weighted by Gasteiger charge is 2.34. The molecular formula is C18H19N5O. The van der Waals surface area contributed by atoms with E-state index >= 15 is 0 Å². The molecule has 1 fully saturated rings. The van der Waals surface area contributed by atoms with Gasteiger partial charge in [0.1, 0.15) is 17.7 Å². The van der Waals surface area contributed by atoms with E-state index < -0.39 is 0 Å². The number of nitrogens with one attached hydrogen (secondary N) is 1. The summed E-state index contributed by atoms with van der Waals surface area (Å²) in [6, 6.07) is 13.6. The third kappa shape index (κ3) is 2.50. The van der Waals surface area contributed by atoms with Crippen LogP contribution in [0, 0.1) is 6.92 Å². The van der Waals surface area contributed by atoms with Crippen molar-refractivity contribution in [3.63, 3.8) is 0 Å². The van der Waals surface area contributed by atoms with E-state index in [9.17, 15) is 4.79 Å². The lowest BCUT2D eigenvalue weighted by molar-refractivity contribution is -0.117. The highest BCUT2D eigenvalue weighted by atomic mass is 16.2. The topological polar surface area (TPSA) is 63.1 Å². The smallest absolute Gasteiger partial charge is 0.250 e. The van der Waals surface area contributed by atoms with Crippen molar-refractivity contribution in [2.45, 2.75) is 19.4 Å². The fourth-order valence-corrected chi connectivity index (χ4v) is 3.22. The molecular weight excluding hydrogens is 302 g/mol. The molecule has 1 N–H and O–H groups in total. The number of benzene rings is 1. The Hall–Kier alpha value is -2.89. The first-order valence-electron chi connectivity index (χ1n) is 8.06. The Bertz CT molecular complexity index is 917. The zero-order chi connectivity index (χ0) is 16.7. The Morgan fingerprint density at radius 3 is 2.83 bits per heavy atom. The van der Waals surface area contributed by atoms with Gasteiger partial charge in [0, 0.05) is 25.0 Å². The summed E-state index contributed by atoms with van der Waals surface area (Å²) in [6.45, 7) is 2.61. The van der Waals surface area contributed by atoms with Crippen molar-refractivity contribution >= 4 is 28.4 Å². The van der Waals surface area contributed by atoms with Gasteiger partial charge in [0.2, 0.25) is 0 Å². The van der Waals surface area contributed by atoms with Crippen LogP contribution in [0.4, 0.5) is 11.6 Å². The number of aryl methyl sites for hydroxylation is 2. The van der Waals surface area contributed by atoms with Gasteiger partial charge in [-0.15, -0.1) is 0 Å². The molecule has 1 aliphatic rings. The molecule has 0 radical (unpaired) electrons. The first kappa shape index (κ1) is 14.7. The van der Waals surface area contributed by atoms with Gasteiger partial charge in [-0.2, -0.15) is 5.10 Å². The quantitative estimate of drug-likeness (QED) is 0.805. The summed E-state index contributed by atoms with van der Waals surface area (Å²) < 4.78 is 1.75. The van der Waals surface area contributed by atoms with Crippen LogP contribution in [-0.2, 0) is 11.8 Å². The monoisotopic (exact) mass is 321 g/mol. The molecule has 3 heterocycles. The molecule has 122 valence electrons. The molecule has 6 heteroatoms. The molecule has 1 amide bonds. The van der Waals surface area contributed by atoms with E-state index in [0.29, 0.717) is 6.54 Å². The number of aromatic nitrogens is 3. The summed E-state index contributed by atoms with van der Waals surface area (Å²) in [5.41, 5.74) is 1.83. The van der Waals surface area contributed by atoms with Crippen LogP contribution in [-0.4, -0.2) is 33.3 Å². The van der Waals surface area contributed by atoms with Crippen molar-refractivity contribution in [2.24, 2.45) is 7.05 Å². The SMILES string of the molecule is Cc1cc(N2CCC(Nc3ccc4ccccc4n3)C2=O)n(C)n1. The number of carbonyl (C=O) groups is 1. The summed E-state index contributed by atoms with van der Waals surface area (Å²) in [4.78, 5) is 19.1. The third-order valence-corrected chi connectivity index (χ3v) is 4.38. The largest absolute Gasteiger partial charge is 0.358 e. The average molecular weight is 321 g/mol. The van der Waals surface area contributed by atoms with Crippen molar-refractivity contribution in [3.05, 3.63) is 48.2 Å². The molecule has 0 spiro atoms. The summed E-state index contributed by atoms with van der Waals surface area (Å²) in [7, 11) is 1.86. The number of anilines is 2. The standard InChI is InChI=1S/C18H19N5O/c1-12-11-17(22(2)21-12)23-10-9-15(18(23)24)20-16-8-7-13-5-3-4-6-14(13)19-16/h3-8,11,15H,9-10H2,1-2H3,(H,19,20). The minimum absolute atomic E-state index is 0.0629. The molecule has 1 aromatic carbocycles. The number of amides is 1. The van der Waals surface area contributed by atoms with E-state index in [2.05, 4.69) is 15.4 Å².